The molecule has 0 N–H and O–H groups in total. The maximum atomic E-state index is 2.46. The van der Waals surface area contributed by atoms with Crippen molar-refractivity contribution in [3.8, 4) is 67.0 Å². The van der Waals surface area contributed by atoms with E-state index < -0.39 is 0 Å². The van der Waals surface area contributed by atoms with Crippen LogP contribution >= 0.6 is 0 Å². The van der Waals surface area contributed by atoms with Crippen molar-refractivity contribution < 1.29 is 0 Å². The van der Waals surface area contributed by atoms with Crippen molar-refractivity contribution in [2.24, 2.45) is 0 Å². The van der Waals surface area contributed by atoms with Gasteiger partial charge in [-0.2, -0.15) is 0 Å². The van der Waals surface area contributed by atoms with E-state index in [0.717, 1.165) is 5.69 Å². The number of nitrogens with zero attached hydrogens (tertiary/aromatic N) is 2. The Morgan fingerprint density at radius 1 is 0.234 bits per heavy atom. The van der Waals surface area contributed by atoms with Gasteiger partial charge in [0.05, 0.1) is 22.1 Å². The highest BCUT2D eigenvalue weighted by Crippen LogP contribution is 2.49. The predicted molar refractivity (Wildman–Crippen MR) is 271 cm³/mol. The Labute approximate surface area is 370 Å². The van der Waals surface area contributed by atoms with Crippen LogP contribution in [0, 0.1) is 0 Å². The van der Waals surface area contributed by atoms with E-state index in [1.54, 1.807) is 0 Å². The Kier molecular flexibility index (Phi) is 7.43. The van der Waals surface area contributed by atoms with Gasteiger partial charge in [0.1, 0.15) is 0 Å². The summed E-state index contributed by atoms with van der Waals surface area (Å²) >= 11 is 0. The molecule has 2 heterocycles. The highest BCUT2D eigenvalue weighted by Gasteiger charge is 2.23. The van der Waals surface area contributed by atoms with Gasteiger partial charge in [0.15, 0.2) is 0 Å². The number of fused-ring (bicyclic) bond motifs is 11. The molecule has 0 aliphatic heterocycles. The lowest BCUT2D eigenvalue weighted by molar-refractivity contribution is 1.18. The normalized spacial score (nSPS) is 12.1. The van der Waals surface area contributed by atoms with Crippen LogP contribution < -0.4 is 0 Å². The average molecular weight is 811 g/mol. The molecular weight excluding hydrogens is 773 g/mol. The Morgan fingerprint density at radius 2 is 0.828 bits per heavy atom. The van der Waals surface area contributed by atoms with Crippen molar-refractivity contribution in [2.45, 2.75) is 0 Å². The molecule has 0 spiro atoms. The quantitative estimate of drug-likeness (QED) is 0.164. The number of para-hydroxylation sites is 2. The van der Waals surface area contributed by atoms with Crippen molar-refractivity contribution in [3.05, 3.63) is 231 Å². The standard InChI is InChI=1S/C62H38N2/c1-2-17-45(18-3-1)64-59-34-30-41(36-57(59)55-33-27-39-13-4-5-22-49(39)62(55)64)42-28-32-52-51-23-8-9-26-58(51)63(60(52)38-42)46-19-10-16-43(35-46)47-20-6-7-21-48(47)44-29-31-50-53-24-11-14-40-15-12-25-54(61(40)53)56(50)37-44/h1-38H. The summed E-state index contributed by atoms with van der Waals surface area (Å²) < 4.78 is 4.90. The molecule has 0 unspecified atom stereocenters. The molecule has 0 radical (unpaired) electrons. The first kappa shape index (κ1) is 35.2. The van der Waals surface area contributed by atoms with Gasteiger partial charge < -0.3 is 9.13 Å². The summed E-state index contributed by atoms with van der Waals surface area (Å²) in [4.78, 5) is 0. The zero-order chi connectivity index (χ0) is 41.9. The number of benzene rings is 11. The summed E-state index contributed by atoms with van der Waals surface area (Å²) in [7, 11) is 0. The number of hydrogen-bond donors (Lipinski definition) is 0. The molecule has 0 saturated carbocycles. The highest BCUT2D eigenvalue weighted by molar-refractivity contribution is 6.20. The molecule has 2 aromatic heterocycles. The van der Waals surface area contributed by atoms with Crippen LogP contribution in [0.5, 0.6) is 0 Å². The molecule has 0 amide bonds. The van der Waals surface area contributed by atoms with Crippen LogP contribution in [-0.4, -0.2) is 9.13 Å². The molecule has 0 bridgehead atoms. The van der Waals surface area contributed by atoms with Gasteiger partial charge in [0, 0.05) is 38.3 Å². The monoisotopic (exact) mass is 810 g/mol. The van der Waals surface area contributed by atoms with Crippen molar-refractivity contribution in [2.75, 3.05) is 0 Å². The molecule has 14 rings (SSSR count). The SMILES string of the molecule is c1ccc(-n2c3ccc(-c4ccc5c6ccccc6n(-c6cccc(-c7ccccc7-c7ccc8c(c7)-c7cccc9cccc-8c79)c6)c5c4)cc3c3ccc4ccccc4c32)cc1. The summed E-state index contributed by atoms with van der Waals surface area (Å²) in [6, 6.07) is 85.3. The van der Waals surface area contributed by atoms with E-state index >= 15 is 0 Å². The smallest absolute Gasteiger partial charge is 0.0619 e. The second kappa shape index (κ2) is 13.5. The number of rotatable bonds is 5. The van der Waals surface area contributed by atoms with Gasteiger partial charge in [-0.05, 0) is 126 Å². The van der Waals surface area contributed by atoms with Crippen molar-refractivity contribution >= 4 is 65.2 Å². The second-order valence-corrected chi connectivity index (χ2v) is 17.2. The van der Waals surface area contributed by atoms with Gasteiger partial charge in [-0.3, -0.25) is 0 Å². The molecular formula is C62H38N2. The van der Waals surface area contributed by atoms with Crippen LogP contribution in [-0.2, 0) is 0 Å². The van der Waals surface area contributed by atoms with Crippen molar-refractivity contribution in [1.29, 1.82) is 0 Å². The Balaban J connectivity index is 0.915. The predicted octanol–water partition coefficient (Wildman–Crippen LogP) is 16.8. The zero-order valence-electron chi connectivity index (χ0n) is 34.8. The molecule has 1 aliphatic rings. The third kappa shape index (κ3) is 5.08. The summed E-state index contributed by atoms with van der Waals surface area (Å²) in [5, 5.41) is 10.2. The topological polar surface area (TPSA) is 9.86 Å². The minimum atomic E-state index is 1.14. The van der Waals surface area contributed by atoms with E-state index in [-0.39, 0.29) is 0 Å². The third-order valence-electron chi connectivity index (χ3n) is 13.8. The minimum Gasteiger partial charge on any atom is -0.309 e. The van der Waals surface area contributed by atoms with E-state index in [0.29, 0.717) is 0 Å². The molecule has 11 aromatic carbocycles. The van der Waals surface area contributed by atoms with Gasteiger partial charge >= 0.3 is 0 Å². The fourth-order valence-electron chi connectivity index (χ4n) is 11.0. The molecule has 1 aliphatic carbocycles. The fraction of sp³-hybridized carbons (Fsp3) is 0. The lowest BCUT2D eigenvalue weighted by Crippen LogP contribution is -1.95. The largest absolute Gasteiger partial charge is 0.309 e. The van der Waals surface area contributed by atoms with E-state index in [1.165, 1.54) is 126 Å². The first-order valence-corrected chi connectivity index (χ1v) is 22.2. The zero-order valence-corrected chi connectivity index (χ0v) is 34.8. The van der Waals surface area contributed by atoms with Crippen LogP contribution in [0.25, 0.3) is 132 Å². The molecule has 0 atom stereocenters. The maximum Gasteiger partial charge on any atom is 0.0619 e. The summed E-state index contributed by atoms with van der Waals surface area (Å²) in [5.41, 5.74) is 19.7. The molecule has 0 saturated heterocycles. The van der Waals surface area contributed by atoms with Gasteiger partial charge in [0.2, 0.25) is 0 Å². The van der Waals surface area contributed by atoms with E-state index in [2.05, 4.69) is 240 Å². The van der Waals surface area contributed by atoms with Gasteiger partial charge in [0.25, 0.3) is 0 Å². The van der Waals surface area contributed by atoms with Gasteiger partial charge in [-0.15, -0.1) is 0 Å². The molecule has 0 fully saturated rings. The van der Waals surface area contributed by atoms with Crippen molar-refractivity contribution in [3.63, 3.8) is 0 Å². The molecule has 2 nitrogen and oxygen atoms in total. The average Bonchev–Trinajstić information content (AvgIpc) is 4.00. The van der Waals surface area contributed by atoms with Crippen LogP contribution in [0.3, 0.4) is 0 Å². The maximum absolute atomic E-state index is 2.46. The molecule has 2 heteroatoms. The lowest BCUT2D eigenvalue weighted by Gasteiger charge is -2.15. The van der Waals surface area contributed by atoms with Crippen LogP contribution in [0.15, 0.2) is 231 Å². The molecule has 64 heavy (non-hydrogen) atoms. The van der Waals surface area contributed by atoms with Crippen LogP contribution in [0.1, 0.15) is 0 Å². The fourth-order valence-corrected chi connectivity index (χ4v) is 11.0. The summed E-state index contributed by atoms with van der Waals surface area (Å²) in [6.45, 7) is 0. The van der Waals surface area contributed by atoms with Crippen LogP contribution in [0.4, 0.5) is 0 Å². The minimum absolute atomic E-state index is 1.14. The van der Waals surface area contributed by atoms with E-state index in [1.807, 2.05) is 0 Å². The van der Waals surface area contributed by atoms with Crippen LogP contribution in [0.2, 0.25) is 0 Å². The first-order valence-electron chi connectivity index (χ1n) is 22.2. The van der Waals surface area contributed by atoms with E-state index in [9.17, 15) is 0 Å². The van der Waals surface area contributed by atoms with Crippen molar-refractivity contribution in [1.82, 2.24) is 9.13 Å². The molecule has 296 valence electrons. The Morgan fingerprint density at radius 3 is 1.69 bits per heavy atom. The first-order chi connectivity index (χ1) is 31.7. The van der Waals surface area contributed by atoms with Gasteiger partial charge in [-0.25, -0.2) is 0 Å². The Bertz CT molecular complexity index is 4060. The van der Waals surface area contributed by atoms with E-state index in [4.69, 9.17) is 0 Å². The Hall–Kier alpha value is -8.46. The third-order valence-corrected chi connectivity index (χ3v) is 13.8. The number of aromatic nitrogens is 2. The second-order valence-electron chi connectivity index (χ2n) is 17.2. The molecule has 13 aromatic rings. The summed E-state index contributed by atoms with van der Waals surface area (Å²) in [5.74, 6) is 0. The summed E-state index contributed by atoms with van der Waals surface area (Å²) in [6.07, 6.45) is 0. The van der Waals surface area contributed by atoms with Gasteiger partial charge in [-0.1, -0.05) is 176 Å². The lowest BCUT2D eigenvalue weighted by atomic mass is 9.91. The highest BCUT2D eigenvalue weighted by atomic mass is 15.0. The number of hydrogen-bond acceptors (Lipinski definition) is 0.